The number of carbonyl (C=O) groups excluding carboxylic acids is 1. The third-order valence-electron chi connectivity index (χ3n) is 6.54. The fraction of sp³-hybridized carbons (Fsp3) is 0.636. The summed E-state index contributed by atoms with van der Waals surface area (Å²) in [5.74, 6) is 0.506. The second kappa shape index (κ2) is 8.43. The molecule has 2 fully saturated rings. The van der Waals surface area contributed by atoms with E-state index in [1.165, 1.54) is 6.92 Å². The monoisotopic (exact) mass is 414 g/mol. The van der Waals surface area contributed by atoms with Crippen LogP contribution in [0.15, 0.2) is 10.9 Å². The van der Waals surface area contributed by atoms with E-state index < -0.39 is 6.10 Å². The molecule has 8 heteroatoms. The van der Waals surface area contributed by atoms with Gasteiger partial charge in [-0.1, -0.05) is 19.8 Å². The largest absolute Gasteiger partial charge is 0.389 e. The number of ketones is 1. The number of ether oxygens (including phenoxy) is 1. The van der Waals surface area contributed by atoms with Crippen LogP contribution in [0.4, 0.5) is 5.95 Å². The molecular weight excluding hydrogens is 384 g/mol. The molecule has 0 spiro atoms. The van der Waals surface area contributed by atoms with Crippen LogP contribution in [-0.4, -0.2) is 50.8 Å². The van der Waals surface area contributed by atoms with Crippen LogP contribution in [0.25, 0.3) is 11.0 Å². The lowest BCUT2D eigenvalue weighted by atomic mass is 9.99. The summed E-state index contributed by atoms with van der Waals surface area (Å²) in [6.07, 6.45) is 4.02. The van der Waals surface area contributed by atoms with Gasteiger partial charge in [-0.2, -0.15) is 4.98 Å². The van der Waals surface area contributed by atoms with Crippen LogP contribution in [0.1, 0.15) is 68.0 Å². The molecule has 30 heavy (non-hydrogen) atoms. The van der Waals surface area contributed by atoms with E-state index >= 15 is 0 Å². The fourth-order valence-electron chi connectivity index (χ4n) is 4.95. The molecule has 0 radical (unpaired) electrons. The summed E-state index contributed by atoms with van der Waals surface area (Å²) in [6.45, 7) is 6.24. The van der Waals surface area contributed by atoms with Crippen molar-refractivity contribution in [2.45, 2.75) is 71.1 Å². The molecule has 1 aliphatic heterocycles. The van der Waals surface area contributed by atoms with Gasteiger partial charge in [0.1, 0.15) is 11.3 Å². The summed E-state index contributed by atoms with van der Waals surface area (Å²) < 4.78 is 7.07. The number of aryl methyl sites for hydroxylation is 1. The zero-order valence-electron chi connectivity index (χ0n) is 17.9. The number of carbonyl (C=O) groups is 1. The van der Waals surface area contributed by atoms with Crippen molar-refractivity contribution in [2.24, 2.45) is 5.92 Å². The number of aliphatic hydroxyl groups excluding tert-OH is 1. The predicted octanol–water partition coefficient (Wildman–Crippen LogP) is 2.62. The minimum atomic E-state index is -0.683. The molecule has 162 valence electrons. The zero-order chi connectivity index (χ0) is 21.4. The van der Waals surface area contributed by atoms with E-state index in [0.717, 1.165) is 25.7 Å². The number of nitrogens with one attached hydrogen (secondary N) is 1. The average Bonchev–Trinajstić information content (AvgIpc) is 3.17. The summed E-state index contributed by atoms with van der Waals surface area (Å²) in [6, 6.07) is 1.40. The molecule has 1 aliphatic carbocycles. The Morgan fingerprint density at radius 3 is 2.83 bits per heavy atom. The molecule has 2 N–H and O–H groups in total. The SMILES string of the molecule is CC[C@H]1CCC[C@H]1n1c(=O)cc(C)c2c(C(C)=O)nc(N[C@@H]3CCOC[C@H]3O)nc21. The van der Waals surface area contributed by atoms with Crippen molar-refractivity contribution in [3.8, 4) is 0 Å². The minimum Gasteiger partial charge on any atom is -0.389 e. The van der Waals surface area contributed by atoms with Crippen LogP contribution in [0.5, 0.6) is 0 Å². The van der Waals surface area contributed by atoms with Gasteiger partial charge in [0, 0.05) is 25.6 Å². The van der Waals surface area contributed by atoms with Crippen LogP contribution in [-0.2, 0) is 4.74 Å². The molecule has 4 rings (SSSR count). The van der Waals surface area contributed by atoms with E-state index in [-0.39, 0.29) is 36.0 Å². The number of nitrogens with zero attached hydrogens (tertiary/aromatic N) is 3. The summed E-state index contributed by atoms with van der Waals surface area (Å²) in [5, 5.41) is 14.1. The molecule has 3 heterocycles. The Hall–Kier alpha value is -2.32. The molecule has 0 aromatic carbocycles. The highest BCUT2D eigenvalue weighted by atomic mass is 16.5. The molecule has 2 aromatic heterocycles. The lowest BCUT2D eigenvalue weighted by molar-refractivity contribution is -0.0136. The van der Waals surface area contributed by atoms with E-state index in [0.29, 0.717) is 41.2 Å². The van der Waals surface area contributed by atoms with Crippen LogP contribution in [0.2, 0.25) is 0 Å². The first-order valence-electron chi connectivity index (χ1n) is 10.9. The second-order valence-electron chi connectivity index (χ2n) is 8.53. The van der Waals surface area contributed by atoms with Gasteiger partial charge >= 0.3 is 0 Å². The predicted molar refractivity (Wildman–Crippen MR) is 114 cm³/mol. The Labute approximate surface area is 175 Å². The normalized spacial score (nSPS) is 26.8. The molecule has 2 aliphatic rings. The highest BCUT2D eigenvalue weighted by Gasteiger charge is 2.31. The van der Waals surface area contributed by atoms with Crippen LogP contribution in [0, 0.1) is 12.8 Å². The van der Waals surface area contributed by atoms with Crippen molar-refractivity contribution < 1.29 is 14.6 Å². The Bertz CT molecular complexity index is 1020. The fourth-order valence-corrected chi connectivity index (χ4v) is 4.95. The van der Waals surface area contributed by atoms with E-state index in [1.807, 2.05) is 6.92 Å². The van der Waals surface area contributed by atoms with Gasteiger partial charge in [0.05, 0.1) is 24.1 Å². The first-order chi connectivity index (χ1) is 14.4. The highest BCUT2D eigenvalue weighted by molar-refractivity contribution is 6.05. The number of hydrogen-bond donors (Lipinski definition) is 2. The number of hydrogen-bond acceptors (Lipinski definition) is 7. The Morgan fingerprint density at radius 1 is 1.33 bits per heavy atom. The lowest BCUT2D eigenvalue weighted by Crippen LogP contribution is -2.42. The summed E-state index contributed by atoms with van der Waals surface area (Å²) in [7, 11) is 0. The standard InChI is InChI=1S/C22H30N4O4/c1-4-14-6-5-7-16(14)26-18(29)10-12(2)19-20(13(3)27)24-22(25-21(19)26)23-15-8-9-30-11-17(15)28/h10,14-17,28H,4-9,11H2,1-3H3,(H,23,24,25)/t14-,15+,16+,17+/m0/s1. The van der Waals surface area contributed by atoms with Crippen molar-refractivity contribution in [3.05, 3.63) is 27.7 Å². The van der Waals surface area contributed by atoms with Gasteiger partial charge in [-0.3, -0.25) is 14.2 Å². The molecule has 2 aromatic rings. The van der Waals surface area contributed by atoms with Crippen molar-refractivity contribution >= 4 is 22.8 Å². The van der Waals surface area contributed by atoms with Crippen LogP contribution < -0.4 is 10.9 Å². The molecule has 1 saturated carbocycles. The van der Waals surface area contributed by atoms with Crippen molar-refractivity contribution in [1.29, 1.82) is 0 Å². The number of fused-ring (bicyclic) bond motifs is 1. The Morgan fingerprint density at radius 2 is 2.13 bits per heavy atom. The Balaban J connectivity index is 1.90. The van der Waals surface area contributed by atoms with E-state index in [9.17, 15) is 14.7 Å². The van der Waals surface area contributed by atoms with Gasteiger partial charge in [-0.15, -0.1) is 0 Å². The van der Waals surface area contributed by atoms with Crippen molar-refractivity contribution in [1.82, 2.24) is 14.5 Å². The summed E-state index contributed by atoms with van der Waals surface area (Å²) >= 11 is 0. The van der Waals surface area contributed by atoms with E-state index in [2.05, 4.69) is 17.2 Å². The molecule has 8 nitrogen and oxygen atoms in total. The van der Waals surface area contributed by atoms with Crippen molar-refractivity contribution in [3.63, 3.8) is 0 Å². The quantitative estimate of drug-likeness (QED) is 0.724. The number of pyridine rings is 1. The summed E-state index contributed by atoms with van der Waals surface area (Å²) in [5.41, 5.74) is 1.44. The maximum atomic E-state index is 13.1. The van der Waals surface area contributed by atoms with Gasteiger partial charge in [0.15, 0.2) is 5.78 Å². The molecule has 0 amide bonds. The maximum absolute atomic E-state index is 13.1. The molecule has 0 bridgehead atoms. The number of aromatic nitrogens is 3. The first kappa shape index (κ1) is 20.9. The number of rotatable bonds is 5. The van der Waals surface area contributed by atoms with Crippen LogP contribution in [0.3, 0.4) is 0 Å². The third kappa shape index (κ3) is 3.74. The molecule has 4 atom stereocenters. The average molecular weight is 415 g/mol. The second-order valence-corrected chi connectivity index (χ2v) is 8.53. The maximum Gasteiger partial charge on any atom is 0.252 e. The summed E-state index contributed by atoms with van der Waals surface area (Å²) in [4.78, 5) is 34.8. The number of anilines is 1. The smallest absolute Gasteiger partial charge is 0.252 e. The number of Topliss-reactive ketones (excluding diaryl/α,β-unsaturated/α-hetero) is 1. The Kier molecular flexibility index (Phi) is 5.88. The number of aliphatic hydroxyl groups is 1. The van der Waals surface area contributed by atoms with Crippen LogP contribution >= 0.6 is 0 Å². The lowest BCUT2D eigenvalue weighted by Gasteiger charge is -2.29. The van der Waals surface area contributed by atoms with Gasteiger partial charge in [0.25, 0.3) is 5.56 Å². The molecular formula is C22H30N4O4. The first-order valence-corrected chi connectivity index (χ1v) is 10.9. The third-order valence-corrected chi connectivity index (χ3v) is 6.54. The van der Waals surface area contributed by atoms with Crippen molar-refractivity contribution in [2.75, 3.05) is 18.5 Å². The van der Waals surface area contributed by atoms with Gasteiger partial charge in [-0.25, -0.2) is 4.98 Å². The van der Waals surface area contributed by atoms with Gasteiger partial charge < -0.3 is 15.2 Å². The van der Waals surface area contributed by atoms with E-state index in [1.54, 1.807) is 10.6 Å². The van der Waals surface area contributed by atoms with Gasteiger partial charge in [-0.05, 0) is 37.7 Å². The molecule has 1 saturated heterocycles. The van der Waals surface area contributed by atoms with E-state index in [4.69, 9.17) is 9.72 Å². The highest BCUT2D eigenvalue weighted by Crippen LogP contribution is 2.38. The van der Waals surface area contributed by atoms with Gasteiger partial charge in [0.2, 0.25) is 5.95 Å². The minimum absolute atomic E-state index is 0.0711. The topological polar surface area (TPSA) is 106 Å². The zero-order valence-corrected chi connectivity index (χ0v) is 17.9. The molecule has 0 unspecified atom stereocenters.